The van der Waals surface area contributed by atoms with E-state index in [0.29, 0.717) is 5.69 Å². The van der Waals surface area contributed by atoms with Gasteiger partial charge in [0.15, 0.2) is 0 Å². The summed E-state index contributed by atoms with van der Waals surface area (Å²) in [6.07, 6.45) is 1.03. The number of H-pyrrole nitrogens is 1. The molecule has 0 amide bonds. The number of aromatic amines is 1. The van der Waals surface area contributed by atoms with Crippen LogP contribution in [-0.2, 0) is 11.2 Å². The highest BCUT2D eigenvalue weighted by molar-refractivity contribution is 7.19. The van der Waals surface area contributed by atoms with Gasteiger partial charge in [0.25, 0.3) is 0 Å². The molecule has 14 heavy (non-hydrogen) atoms. The molecule has 3 nitrogen and oxygen atoms in total. The summed E-state index contributed by atoms with van der Waals surface area (Å²) in [5.41, 5.74) is 1.55. The predicted octanol–water partition coefficient (Wildman–Crippen LogP) is 2.58. The van der Waals surface area contributed by atoms with Crippen molar-refractivity contribution in [3.63, 3.8) is 0 Å². The summed E-state index contributed by atoms with van der Waals surface area (Å²) < 4.78 is 5.74. The number of hydrogen-bond acceptors (Lipinski definition) is 3. The molecule has 1 N–H and O–H groups in total. The molecule has 0 spiro atoms. The van der Waals surface area contributed by atoms with Crippen LogP contribution >= 0.6 is 11.3 Å². The van der Waals surface area contributed by atoms with E-state index in [1.807, 2.05) is 6.07 Å². The zero-order valence-corrected chi connectivity index (χ0v) is 8.90. The van der Waals surface area contributed by atoms with Crippen LogP contribution in [0.5, 0.6) is 0 Å². The van der Waals surface area contributed by atoms with E-state index in [9.17, 15) is 4.79 Å². The van der Waals surface area contributed by atoms with E-state index in [4.69, 9.17) is 0 Å². The third kappa shape index (κ3) is 1.42. The van der Waals surface area contributed by atoms with E-state index < -0.39 is 0 Å². The molecule has 4 heteroatoms. The Morgan fingerprint density at radius 2 is 2.36 bits per heavy atom. The lowest BCUT2D eigenvalue weighted by molar-refractivity contribution is 0.0595. The quantitative estimate of drug-likeness (QED) is 0.772. The molecule has 2 rings (SSSR count). The van der Waals surface area contributed by atoms with Crippen LogP contribution in [0.4, 0.5) is 0 Å². The van der Waals surface area contributed by atoms with Crippen LogP contribution in [0.3, 0.4) is 0 Å². The zero-order valence-electron chi connectivity index (χ0n) is 8.09. The lowest BCUT2D eigenvalue weighted by Crippen LogP contribution is -2.00. The molecule has 0 saturated heterocycles. The fraction of sp³-hybridized carbons (Fsp3) is 0.300. The standard InChI is InChI=1S/C10H11NO2S/c1-3-6-4-7-9(14-6)5-8(11-7)10(12)13-2/h4-5,11H,3H2,1-2H3. The Hall–Kier alpha value is -1.29. The Kier molecular flexibility index (Phi) is 2.29. The highest BCUT2D eigenvalue weighted by Gasteiger charge is 2.10. The molecule has 0 saturated carbocycles. The number of aryl methyl sites for hydroxylation is 1. The molecule has 0 aliphatic heterocycles. The normalized spacial score (nSPS) is 10.7. The average Bonchev–Trinajstić information content (AvgIpc) is 2.72. The van der Waals surface area contributed by atoms with E-state index in [2.05, 4.69) is 22.7 Å². The maximum absolute atomic E-state index is 11.2. The molecule has 2 aromatic heterocycles. The largest absolute Gasteiger partial charge is 0.464 e. The number of methoxy groups -OCH3 is 1. The van der Waals surface area contributed by atoms with Gasteiger partial charge in [0.2, 0.25) is 0 Å². The maximum atomic E-state index is 11.2. The summed E-state index contributed by atoms with van der Waals surface area (Å²) >= 11 is 1.71. The van der Waals surface area contributed by atoms with Crippen molar-refractivity contribution in [2.24, 2.45) is 0 Å². The molecule has 0 unspecified atom stereocenters. The highest BCUT2D eigenvalue weighted by Crippen LogP contribution is 2.26. The smallest absolute Gasteiger partial charge is 0.354 e. The Morgan fingerprint density at radius 3 is 2.93 bits per heavy atom. The van der Waals surface area contributed by atoms with Crippen molar-refractivity contribution in [2.45, 2.75) is 13.3 Å². The first-order valence-electron chi connectivity index (χ1n) is 4.44. The van der Waals surface area contributed by atoms with E-state index in [1.165, 1.54) is 12.0 Å². The lowest BCUT2D eigenvalue weighted by atomic mass is 10.4. The number of carbonyl (C=O) groups is 1. The third-order valence-electron chi connectivity index (χ3n) is 2.11. The van der Waals surface area contributed by atoms with Crippen molar-refractivity contribution in [1.29, 1.82) is 0 Å². The number of carbonyl (C=O) groups excluding carboxylic acids is 1. The van der Waals surface area contributed by atoms with Gasteiger partial charge in [-0.1, -0.05) is 6.92 Å². The SMILES string of the molecule is CCc1cc2[nH]c(C(=O)OC)cc2s1. The average molecular weight is 209 g/mol. The summed E-state index contributed by atoms with van der Waals surface area (Å²) in [7, 11) is 1.38. The molecule has 74 valence electrons. The highest BCUT2D eigenvalue weighted by atomic mass is 32.1. The van der Waals surface area contributed by atoms with Crippen LogP contribution in [0.1, 0.15) is 22.3 Å². The summed E-state index contributed by atoms with van der Waals surface area (Å²) in [4.78, 5) is 15.5. The minimum Gasteiger partial charge on any atom is -0.464 e. The molecule has 0 bridgehead atoms. The summed E-state index contributed by atoms with van der Waals surface area (Å²) in [6.45, 7) is 2.12. The van der Waals surface area contributed by atoms with Gasteiger partial charge < -0.3 is 9.72 Å². The van der Waals surface area contributed by atoms with Crippen molar-refractivity contribution >= 4 is 27.5 Å². The van der Waals surface area contributed by atoms with Crippen LogP contribution in [0, 0.1) is 0 Å². The van der Waals surface area contributed by atoms with Crippen molar-refractivity contribution in [2.75, 3.05) is 7.11 Å². The van der Waals surface area contributed by atoms with Crippen molar-refractivity contribution < 1.29 is 9.53 Å². The fourth-order valence-electron chi connectivity index (χ4n) is 1.37. The van der Waals surface area contributed by atoms with Gasteiger partial charge in [-0.25, -0.2) is 4.79 Å². The number of ether oxygens (including phenoxy) is 1. The zero-order chi connectivity index (χ0) is 10.1. The monoisotopic (exact) mass is 209 g/mol. The first-order chi connectivity index (χ1) is 6.74. The molecule has 0 atom stereocenters. The molecular formula is C10H11NO2S. The molecule has 0 fully saturated rings. The van der Waals surface area contributed by atoms with Gasteiger partial charge >= 0.3 is 5.97 Å². The van der Waals surface area contributed by atoms with Gasteiger partial charge in [-0.05, 0) is 18.6 Å². The molecule has 2 heterocycles. The van der Waals surface area contributed by atoms with E-state index in [1.54, 1.807) is 11.3 Å². The first kappa shape index (κ1) is 9.27. The number of esters is 1. The second-order valence-electron chi connectivity index (χ2n) is 3.02. The van der Waals surface area contributed by atoms with Gasteiger partial charge in [0, 0.05) is 4.88 Å². The maximum Gasteiger partial charge on any atom is 0.354 e. The van der Waals surface area contributed by atoms with Gasteiger partial charge in [0.05, 0.1) is 17.3 Å². The molecule has 0 aromatic carbocycles. The summed E-state index contributed by atoms with van der Waals surface area (Å²) in [5.74, 6) is -0.313. The molecule has 0 radical (unpaired) electrons. The molecule has 0 aliphatic rings. The summed E-state index contributed by atoms with van der Waals surface area (Å²) in [6, 6.07) is 3.91. The van der Waals surface area contributed by atoms with Gasteiger partial charge in [-0.3, -0.25) is 0 Å². The Bertz CT molecular complexity index is 438. The second kappa shape index (κ2) is 3.46. The van der Waals surface area contributed by atoms with Gasteiger partial charge in [-0.2, -0.15) is 0 Å². The van der Waals surface area contributed by atoms with Gasteiger partial charge in [0.1, 0.15) is 5.69 Å². The molecule has 0 aliphatic carbocycles. The third-order valence-corrected chi connectivity index (χ3v) is 3.34. The van der Waals surface area contributed by atoms with Crippen LogP contribution in [-0.4, -0.2) is 18.1 Å². The topological polar surface area (TPSA) is 42.1 Å². The lowest BCUT2D eigenvalue weighted by Gasteiger charge is -1.92. The van der Waals surface area contributed by atoms with Crippen molar-refractivity contribution in [1.82, 2.24) is 4.98 Å². The van der Waals surface area contributed by atoms with Crippen molar-refractivity contribution in [3.05, 3.63) is 22.7 Å². The van der Waals surface area contributed by atoms with Crippen LogP contribution < -0.4 is 0 Å². The van der Waals surface area contributed by atoms with E-state index in [-0.39, 0.29) is 5.97 Å². The number of nitrogens with one attached hydrogen (secondary N) is 1. The first-order valence-corrected chi connectivity index (χ1v) is 5.26. The van der Waals surface area contributed by atoms with Crippen LogP contribution in [0.2, 0.25) is 0 Å². The van der Waals surface area contributed by atoms with Crippen LogP contribution in [0.25, 0.3) is 10.2 Å². The Balaban J connectivity index is 2.44. The molecular weight excluding hydrogens is 198 g/mol. The van der Waals surface area contributed by atoms with Crippen molar-refractivity contribution in [3.8, 4) is 0 Å². The van der Waals surface area contributed by atoms with Crippen LogP contribution in [0.15, 0.2) is 12.1 Å². The Labute approximate surface area is 85.7 Å². The number of thiophene rings is 1. The molecule has 2 aromatic rings. The number of hydrogen-bond donors (Lipinski definition) is 1. The Morgan fingerprint density at radius 1 is 1.57 bits per heavy atom. The van der Waals surface area contributed by atoms with E-state index >= 15 is 0 Å². The minimum absolute atomic E-state index is 0.313. The second-order valence-corrected chi connectivity index (χ2v) is 4.19. The number of fused-ring (bicyclic) bond motifs is 1. The number of aromatic nitrogens is 1. The minimum atomic E-state index is -0.313. The predicted molar refractivity (Wildman–Crippen MR) is 56.9 cm³/mol. The van der Waals surface area contributed by atoms with Gasteiger partial charge in [-0.15, -0.1) is 11.3 Å². The summed E-state index contributed by atoms with van der Waals surface area (Å²) in [5, 5.41) is 0. The van der Waals surface area contributed by atoms with E-state index in [0.717, 1.165) is 16.6 Å². The number of rotatable bonds is 2. The fourth-order valence-corrected chi connectivity index (χ4v) is 2.37.